The fraction of sp³-hybridized carbons (Fsp3) is 0.500. The molecule has 0 heterocycles. The monoisotopic (exact) mass is 289 g/mol. The minimum absolute atomic E-state index is 0.119. The Morgan fingerprint density at radius 2 is 2.05 bits per heavy atom. The molecule has 5 nitrogen and oxygen atoms in total. The smallest absolute Gasteiger partial charge is 0.253 e. The molecule has 0 bridgehead atoms. The Kier molecular flexibility index (Phi) is 5.33. The summed E-state index contributed by atoms with van der Waals surface area (Å²) in [5.41, 5.74) is 6.70. The van der Waals surface area contributed by atoms with Crippen LogP contribution in [-0.4, -0.2) is 24.4 Å². The van der Waals surface area contributed by atoms with Crippen molar-refractivity contribution in [2.75, 3.05) is 11.9 Å². The lowest BCUT2D eigenvalue weighted by atomic mass is 10.0. The molecule has 1 aromatic rings. The van der Waals surface area contributed by atoms with Crippen LogP contribution in [0.2, 0.25) is 0 Å². The predicted octanol–water partition coefficient (Wildman–Crippen LogP) is 1.89. The lowest BCUT2D eigenvalue weighted by Gasteiger charge is -2.16. The second kappa shape index (κ2) is 7.22. The first-order chi connectivity index (χ1) is 10.2. The quantitative estimate of drug-likeness (QED) is 0.716. The van der Waals surface area contributed by atoms with Crippen molar-refractivity contribution in [3.63, 3.8) is 0 Å². The second-order valence-corrected chi connectivity index (χ2v) is 5.50. The highest BCUT2D eigenvalue weighted by molar-refractivity contribution is 6.04. The van der Waals surface area contributed by atoms with Crippen molar-refractivity contribution >= 4 is 17.5 Å². The van der Waals surface area contributed by atoms with Crippen LogP contribution >= 0.6 is 0 Å². The maximum absolute atomic E-state index is 12.2. The number of benzene rings is 1. The Morgan fingerprint density at radius 3 is 2.67 bits per heavy atom. The topological polar surface area (TPSA) is 84.2 Å². The van der Waals surface area contributed by atoms with Crippen LogP contribution in [-0.2, 0) is 4.79 Å². The summed E-state index contributed by atoms with van der Waals surface area (Å²) in [6.07, 6.45) is 3.72. The van der Waals surface area contributed by atoms with Crippen LogP contribution < -0.4 is 16.4 Å². The third-order valence-corrected chi connectivity index (χ3v) is 3.63. The first-order valence-corrected chi connectivity index (χ1v) is 7.56. The van der Waals surface area contributed by atoms with Crippen molar-refractivity contribution in [1.82, 2.24) is 5.32 Å². The third kappa shape index (κ3) is 4.29. The van der Waals surface area contributed by atoms with Crippen molar-refractivity contribution in [1.29, 1.82) is 0 Å². The molecular weight excluding hydrogens is 266 g/mol. The van der Waals surface area contributed by atoms with Gasteiger partial charge in [0.1, 0.15) is 0 Å². The highest BCUT2D eigenvalue weighted by Gasteiger charge is 2.25. The summed E-state index contributed by atoms with van der Waals surface area (Å²) in [5, 5.41) is 5.78. The number of hydrogen-bond donors (Lipinski definition) is 3. The summed E-state index contributed by atoms with van der Waals surface area (Å²) in [6, 6.07) is 7.37. The second-order valence-electron chi connectivity index (χ2n) is 5.50. The summed E-state index contributed by atoms with van der Waals surface area (Å²) in [5.74, 6) is -0.464. The van der Waals surface area contributed by atoms with E-state index in [-0.39, 0.29) is 23.8 Å². The lowest BCUT2D eigenvalue weighted by molar-refractivity contribution is -0.119. The number of carbonyl (C=O) groups is 2. The fourth-order valence-corrected chi connectivity index (χ4v) is 2.22. The number of para-hydroxylation sites is 1. The summed E-state index contributed by atoms with van der Waals surface area (Å²) < 4.78 is 0. The molecule has 0 spiro atoms. The number of carbonyl (C=O) groups excluding carboxylic acids is 2. The molecule has 1 aromatic carbocycles. The fourth-order valence-electron chi connectivity index (χ4n) is 2.22. The molecule has 0 saturated heterocycles. The molecule has 0 aliphatic heterocycles. The summed E-state index contributed by atoms with van der Waals surface area (Å²) in [4.78, 5) is 24.4. The van der Waals surface area contributed by atoms with Gasteiger partial charge >= 0.3 is 0 Å². The molecule has 1 aliphatic carbocycles. The molecule has 1 saturated carbocycles. The minimum Gasteiger partial charge on any atom is -0.349 e. The Balaban J connectivity index is 2.08. The van der Waals surface area contributed by atoms with Gasteiger partial charge in [-0.25, -0.2) is 0 Å². The van der Waals surface area contributed by atoms with E-state index in [9.17, 15) is 9.59 Å². The van der Waals surface area contributed by atoms with E-state index in [4.69, 9.17) is 5.73 Å². The van der Waals surface area contributed by atoms with Gasteiger partial charge in [0, 0.05) is 12.6 Å². The molecule has 21 heavy (non-hydrogen) atoms. The molecule has 1 fully saturated rings. The molecule has 2 amide bonds. The molecule has 0 aromatic heterocycles. The van der Waals surface area contributed by atoms with Gasteiger partial charge in [-0.15, -0.1) is 0 Å². The van der Waals surface area contributed by atoms with Gasteiger partial charge in [0.25, 0.3) is 5.91 Å². The third-order valence-electron chi connectivity index (χ3n) is 3.63. The molecule has 1 aliphatic rings. The number of nitrogens with one attached hydrogen (secondary N) is 2. The van der Waals surface area contributed by atoms with Gasteiger partial charge in [-0.3, -0.25) is 9.59 Å². The van der Waals surface area contributed by atoms with Crippen molar-refractivity contribution in [3.05, 3.63) is 29.8 Å². The molecule has 4 N–H and O–H groups in total. The molecule has 1 unspecified atom stereocenters. The molecule has 114 valence electrons. The van der Waals surface area contributed by atoms with E-state index in [1.54, 1.807) is 24.3 Å². The van der Waals surface area contributed by atoms with Crippen molar-refractivity contribution in [2.45, 2.75) is 38.6 Å². The normalized spacial score (nSPS) is 15.3. The number of anilines is 1. The maximum Gasteiger partial charge on any atom is 0.253 e. The molecule has 0 radical (unpaired) electrons. The largest absolute Gasteiger partial charge is 0.349 e. The van der Waals surface area contributed by atoms with Crippen molar-refractivity contribution in [2.24, 2.45) is 11.7 Å². The van der Waals surface area contributed by atoms with Gasteiger partial charge in [-0.1, -0.05) is 25.5 Å². The van der Waals surface area contributed by atoms with Gasteiger partial charge in [0.05, 0.1) is 17.2 Å². The van der Waals surface area contributed by atoms with E-state index in [2.05, 4.69) is 10.6 Å². The highest BCUT2D eigenvalue weighted by atomic mass is 16.2. The zero-order valence-corrected chi connectivity index (χ0v) is 12.4. The van der Waals surface area contributed by atoms with Gasteiger partial charge < -0.3 is 16.4 Å². The summed E-state index contributed by atoms with van der Waals surface area (Å²) in [7, 11) is 0. The van der Waals surface area contributed by atoms with E-state index >= 15 is 0 Å². The Bertz CT molecular complexity index is 512. The van der Waals surface area contributed by atoms with Crippen molar-refractivity contribution < 1.29 is 9.59 Å². The van der Waals surface area contributed by atoms with E-state index in [0.29, 0.717) is 17.8 Å². The lowest BCUT2D eigenvalue weighted by Crippen LogP contribution is -2.31. The molecule has 1 atom stereocenters. The van der Waals surface area contributed by atoms with E-state index in [1.165, 1.54) is 0 Å². The van der Waals surface area contributed by atoms with E-state index < -0.39 is 0 Å². The van der Waals surface area contributed by atoms with Gasteiger partial charge in [-0.05, 0) is 31.4 Å². The van der Waals surface area contributed by atoms with Crippen LogP contribution in [0.5, 0.6) is 0 Å². The number of hydrogen-bond acceptors (Lipinski definition) is 3. The zero-order valence-electron chi connectivity index (χ0n) is 12.4. The van der Waals surface area contributed by atoms with Crippen LogP contribution in [0.25, 0.3) is 0 Å². The van der Waals surface area contributed by atoms with Crippen LogP contribution in [0.4, 0.5) is 5.69 Å². The van der Waals surface area contributed by atoms with Gasteiger partial charge in [0.15, 0.2) is 0 Å². The molecular formula is C16H23N3O2. The number of rotatable bonds is 7. The average Bonchev–Trinajstić information content (AvgIpc) is 3.29. The van der Waals surface area contributed by atoms with Crippen LogP contribution in [0, 0.1) is 5.92 Å². The summed E-state index contributed by atoms with van der Waals surface area (Å²) in [6.45, 7) is 2.34. The average molecular weight is 289 g/mol. The van der Waals surface area contributed by atoms with Gasteiger partial charge in [-0.2, -0.15) is 0 Å². The van der Waals surface area contributed by atoms with Crippen LogP contribution in [0.3, 0.4) is 0 Å². The highest BCUT2D eigenvalue weighted by Crippen LogP contribution is 2.22. The Morgan fingerprint density at radius 1 is 1.33 bits per heavy atom. The van der Waals surface area contributed by atoms with Crippen molar-refractivity contribution in [3.8, 4) is 0 Å². The Hall–Kier alpha value is -1.88. The zero-order chi connectivity index (χ0) is 15.2. The number of amides is 2. The van der Waals surface area contributed by atoms with E-state index in [0.717, 1.165) is 25.7 Å². The molecule has 2 rings (SSSR count). The SMILES string of the molecule is CCCC(CN)C(=O)Nc1ccccc1C(=O)NC1CC1. The van der Waals surface area contributed by atoms with Crippen LogP contribution in [0.15, 0.2) is 24.3 Å². The van der Waals surface area contributed by atoms with Crippen LogP contribution in [0.1, 0.15) is 43.0 Å². The van der Waals surface area contributed by atoms with E-state index in [1.807, 2.05) is 6.92 Å². The minimum atomic E-state index is -0.213. The summed E-state index contributed by atoms with van der Waals surface area (Å²) >= 11 is 0. The molecule has 5 heteroatoms. The standard InChI is InChI=1S/C16H23N3O2/c1-2-5-11(10-17)15(20)19-14-7-4-3-6-13(14)16(21)18-12-8-9-12/h3-4,6-7,11-12H,2,5,8-10,17H2,1H3,(H,18,21)(H,19,20). The maximum atomic E-state index is 12.2. The number of nitrogens with two attached hydrogens (primary N) is 1. The Labute approximate surface area is 125 Å². The first kappa shape index (κ1) is 15.5. The predicted molar refractivity (Wildman–Crippen MR) is 83.0 cm³/mol. The van der Waals surface area contributed by atoms with Gasteiger partial charge in [0.2, 0.25) is 5.91 Å². The first-order valence-electron chi connectivity index (χ1n) is 7.56.